The Morgan fingerprint density at radius 2 is 2.00 bits per heavy atom. The molecule has 0 unspecified atom stereocenters. The zero-order valence-corrected chi connectivity index (χ0v) is 12.2. The van der Waals surface area contributed by atoms with Crippen LogP contribution in [0, 0.1) is 6.92 Å². The first-order chi connectivity index (χ1) is 8.49. The van der Waals surface area contributed by atoms with Crippen molar-refractivity contribution in [2.24, 2.45) is 0 Å². The van der Waals surface area contributed by atoms with Gasteiger partial charge in [0.05, 0.1) is 5.69 Å². The predicted octanol–water partition coefficient (Wildman–Crippen LogP) is 2.56. The predicted molar refractivity (Wildman–Crippen MR) is 73.4 cm³/mol. The molecule has 1 aromatic rings. The Bertz CT molecular complexity index is 377. The van der Waals surface area contributed by atoms with E-state index in [1.165, 1.54) is 0 Å². The average Bonchev–Trinajstić information content (AvgIpc) is 2.28. The third-order valence-electron chi connectivity index (χ3n) is 2.68. The quantitative estimate of drug-likeness (QED) is 0.757. The average molecular weight is 251 g/mol. The lowest BCUT2D eigenvalue weighted by Gasteiger charge is -2.23. The van der Waals surface area contributed by atoms with Gasteiger partial charge in [0.25, 0.3) is 0 Å². The summed E-state index contributed by atoms with van der Waals surface area (Å²) in [6.45, 7) is 12.6. The van der Waals surface area contributed by atoms with Crippen molar-refractivity contribution in [2.45, 2.75) is 53.2 Å². The second kappa shape index (κ2) is 6.81. The largest absolute Gasteiger partial charge is 0.368 e. The lowest BCUT2D eigenvalue weighted by atomic mass is 10.1. The van der Waals surface area contributed by atoms with Gasteiger partial charge in [-0.05, 0) is 46.7 Å². The molecule has 4 heteroatoms. The molecular formula is C14H25N3O. The van der Waals surface area contributed by atoms with E-state index in [-0.39, 0.29) is 0 Å². The second-order valence-corrected chi connectivity index (χ2v) is 4.94. The van der Waals surface area contributed by atoms with E-state index in [1.54, 1.807) is 0 Å². The minimum absolute atomic E-state index is 0.430. The number of nitrogens with one attached hydrogen (secondary N) is 1. The molecule has 0 aliphatic rings. The zero-order valence-electron chi connectivity index (χ0n) is 12.2. The molecule has 1 heterocycles. The molecule has 0 aliphatic carbocycles. The van der Waals surface area contributed by atoms with Crippen LogP contribution in [-0.4, -0.2) is 23.1 Å². The molecule has 0 fully saturated rings. The normalized spacial score (nSPS) is 11.8. The Morgan fingerprint density at radius 3 is 2.61 bits per heavy atom. The summed E-state index contributed by atoms with van der Waals surface area (Å²) >= 11 is 0. The molecular weight excluding hydrogens is 226 g/mol. The first-order valence-electron chi connectivity index (χ1n) is 6.69. The topological polar surface area (TPSA) is 47.0 Å². The molecule has 0 atom stereocenters. The van der Waals surface area contributed by atoms with E-state index in [0.29, 0.717) is 6.61 Å². The van der Waals surface area contributed by atoms with Crippen LogP contribution < -0.4 is 5.32 Å². The second-order valence-electron chi connectivity index (χ2n) is 4.94. The van der Waals surface area contributed by atoms with Gasteiger partial charge < -0.3 is 10.1 Å². The number of rotatable bonds is 7. The third kappa shape index (κ3) is 4.35. The van der Waals surface area contributed by atoms with Crippen molar-refractivity contribution < 1.29 is 4.74 Å². The van der Waals surface area contributed by atoms with Crippen LogP contribution in [-0.2, 0) is 16.9 Å². The number of aryl methyl sites for hydroxylation is 1. The molecule has 102 valence electrons. The van der Waals surface area contributed by atoms with Gasteiger partial charge in [0, 0.05) is 18.8 Å². The Kier molecular flexibility index (Phi) is 5.69. The van der Waals surface area contributed by atoms with Crippen molar-refractivity contribution in [3.05, 3.63) is 23.3 Å². The van der Waals surface area contributed by atoms with Crippen LogP contribution in [0.25, 0.3) is 0 Å². The van der Waals surface area contributed by atoms with Gasteiger partial charge in [0.15, 0.2) is 5.82 Å². The summed E-state index contributed by atoms with van der Waals surface area (Å²) in [5.41, 5.74) is 1.58. The van der Waals surface area contributed by atoms with Gasteiger partial charge in [0.1, 0.15) is 5.60 Å². The summed E-state index contributed by atoms with van der Waals surface area (Å²) in [6, 6.07) is 2.02. The highest BCUT2D eigenvalue weighted by Crippen LogP contribution is 2.21. The van der Waals surface area contributed by atoms with E-state index in [4.69, 9.17) is 4.74 Å². The molecule has 0 aromatic carbocycles. The first-order valence-corrected chi connectivity index (χ1v) is 6.69. The Morgan fingerprint density at radius 1 is 1.28 bits per heavy atom. The van der Waals surface area contributed by atoms with Gasteiger partial charge in [-0.2, -0.15) is 0 Å². The number of hydrogen-bond acceptors (Lipinski definition) is 4. The van der Waals surface area contributed by atoms with Crippen molar-refractivity contribution in [3.8, 4) is 0 Å². The summed E-state index contributed by atoms with van der Waals surface area (Å²) in [5, 5.41) is 3.36. The molecule has 1 aromatic heterocycles. The molecule has 0 saturated heterocycles. The smallest absolute Gasteiger partial charge is 0.160 e. The summed E-state index contributed by atoms with van der Waals surface area (Å²) in [4.78, 5) is 9.09. The van der Waals surface area contributed by atoms with E-state index in [0.717, 1.165) is 36.7 Å². The zero-order chi connectivity index (χ0) is 13.6. The van der Waals surface area contributed by atoms with Gasteiger partial charge in [-0.1, -0.05) is 6.92 Å². The van der Waals surface area contributed by atoms with E-state index < -0.39 is 5.60 Å². The fourth-order valence-electron chi connectivity index (χ4n) is 1.81. The van der Waals surface area contributed by atoms with Crippen LogP contribution in [0.5, 0.6) is 0 Å². The summed E-state index contributed by atoms with van der Waals surface area (Å²) in [5.74, 6) is 0.762. The highest BCUT2D eigenvalue weighted by atomic mass is 16.5. The molecule has 4 nitrogen and oxygen atoms in total. The van der Waals surface area contributed by atoms with Crippen LogP contribution in [0.3, 0.4) is 0 Å². The van der Waals surface area contributed by atoms with E-state index in [2.05, 4.69) is 22.2 Å². The van der Waals surface area contributed by atoms with Gasteiger partial charge in [-0.15, -0.1) is 0 Å². The minimum atomic E-state index is -0.430. The van der Waals surface area contributed by atoms with E-state index in [9.17, 15) is 0 Å². The highest BCUT2D eigenvalue weighted by molar-refractivity contribution is 5.13. The fraction of sp³-hybridized carbons (Fsp3) is 0.714. The van der Waals surface area contributed by atoms with Crippen LogP contribution in [0.4, 0.5) is 0 Å². The van der Waals surface area contributed by atoms with Crippen molar-refractivity contribution in [2.75, 3.05) is 13.2 Å². The van der Waals surface area contributed by atoms with E-state index >= 15 is 0 Å². The van der Waals surface area contributed by atoms with Crippen LogP contribution in [0.2, 0.25) is 0 Å². The van der Waals surface area contributed by atoms with Gasteiger partial charge in [-0.3, -0.25) is 0 Å². The summed E-state index contributed by atoms with van der Waals surface area (Å²) in [7, 11) is 0. The summed E-state index contributed by atoms with van der Waals surface area (Å²) in [6.07, 6.45) is 1.13. The van der Waals surface area contributed by atoms with Crippen LogP contribution in [0.1, 0.15) is 51.3 Å². The maximum Gasteiger partial charge on any atom is 0.160 e. The number of hydrogen-bond donors (Lipinski definition) is 1. The van der Waals surface area contributed by atoms with E-state index in [1.807, 2.05) is 33.8 Å². The SMILES string of the molecule is CCCNCc1cc(C)nc(C(C)(C)OCC)n1. The molecule has 0 amide bonds. The maximum absolute atomic E-state index is 5.71. The maximum atomic E-state index is 5.71. The number of ether oxygens (including phenoxy) is 1. The highest BCUT2D eigenvalue weighted by Gasteiger charge is 2.24. The third-order valence-corrected chi connectivity index (χ3v) is 2.68. The molecule has 1 N–H and O–H groups in total. The van der Waals surface area contributed by atoms with Crippen molar-refractivity contribution >= 4 is 0 Å². The van der Waals surface area contributed by atoms with Gasteiger partial charge in [-0.25, -0.2) is 9.97 Å². The Hall–Kier alpha value is -1.00. The van der Waals surface area contributed by atoms with Crippen molar-refractivity contribution in [3.63, 3.8) is 0 Å². The number of nitrogens with zero attached hydrogens (tertiary/aromatic N) is 2. The monoisotopic (exact) mass is 251 g/mol. The number of aromatic nitrogens is 2. The minimum Gasteiger partial charge on any atom is -0.368 e. The van der Waals surface area contributed by atoms with Crippen molar-refractivity contribution in [1.82, 2.24) is 15.3 Å². The first kappa shape index (κ1) is 15.1. The van der Waals surface area contributed by atoms with Gasteiger partial charge >= 0.3 is 0 Å². The van der Waals surface area contributed by atoms with Crippen LogP contribution in [0.15, 0.2) is 6.07 Å². The van der Waals surface area contributed by atoms with Crippen LogP contribution >= 0.6 is 0 Å². The standard InChI is InChI=1S/C14H25N3O/c1-6-8-15-10-12-9-11(3)16-13(17-12)14(4,5)18-7-2/h9,15H,6-8,10H2,1-5H3. The fourth-order valence-corrected chi connectivity index (χ4v) is 1.81. The molecule has 0 bridgehead atoms. The lowest BCUT2D eigenvalue weighted by Crippen LogP contribution is -2.26. The van der Waals surface area contributed by atoms with Gasteiger partial charge in [0.2, 0.25) is 0 Å². The summed E-state index contributed by atoms with van der Waals surface area (Å²) < 4.78 is 5.71. The van der Waals surface area contributed by atoms with Crippen molar-refractivity contribution in [1.29, 1.82) is 0 Å². The molecule has 0 spiro atoms. The Labute approximate surface area is 110 Å². The molecule has 0 radical (unpaired) electrons. The molecule has 0 aliphatic heterocycles. The Balaban J connectivity index is 2.86. The molecule has 18 heavy (non-hydrogen) atoms. The molecule has 0 saturated carbocycles. The molecule has 1 rings (SSSR count). The lowest BCUT2D eigenvalue weighted by molar-refractivity contribution is -0.0211.